The van der Waals surface area contributed by atoms with Gasteiger partial charge in [-0.15, -0.1) is 0 Å². The van der Waals surface area contributed by atoms with E-state index in [0.717, 1.165) is 41.0 Å². The summed E-state index contributed by atoms with van der Waals surface area (Å²) in [5.74, 6) is -0.0310. The third-order valence-electron chi connectivity index (χ3n) is 9.75. The number of fused-ring (bicyclic) bond motifs is 2. The second kappa shape index (κ2) is 22.2. The Morgan fingerprint density at radius 3 is 2.48 bits per heavy atom. The number of nitrogen functional groups attached to an aromatic ring is 1. The highest BCUT2D eigenvalue weighted by Crippen LogP contribution is 2.61. The number of phosphoric acid groups is 3. The number of aromatic nitrogens is 5. The van der Waals surface area contributed by atoms with Crippen molar-refractivity contribution in [1.29, 1.82) is 0 Å². The lowest BCUT2D eigenvalue weighted by Gasteiger charge is -2.30. The zero-order valence-electron chi connectivity index (χ0n) is 34.5. The fourth-order valence-corrected chi connectivity index (χ4v) is 10.1. The second-order valence-electron chi connectivity index (χ2n) is 15.2. The Hall–Kier alpha value is -3.68. The number of ether oxygens (including phenoxy) is 1. The van der Waals surface area contributed by atoms with Crippen LogP contribution in [0, 0.1) is 5.41 Å². The van der Waals surface area contributed by atoms with Crippen LogP contribution in [0.15, 0.2) is 43.1 Å². The molecule has 4 aromatic rings. The maximum atomic E-state index is 12.7. The maximum absolute atomic E-state index is 12.7. The molecule has 0 spiro atoms. The van der Waals surface area contributed by atoms with Crippen molar-refractivity contribution < 1.29 is 80.5 Å². The van der Waals surface area contributed by atoms with E-state index >= 15 is 0 Å². The van der Waals surface area contributed by atoms with Gasteiger partial charge in [0, 0.05) is 66.4 Å². The summed E-state index contributed by atoms with van der Waals surface area (Å²) in [6.07, 6.45) is -2.42. The lowest BCUT2D eigenvalue weighted by Crippen LogP contribution is -2.46. The van der Waals surface area contributed by atoms with Gasteiger partial charge in [-0.3, -0.25) is 32.5 Å². The number of aliphatic hydroxyl groups is 2. The molecule has 64 heavy (non-hydrogen) atoms. The number of nitrogens with two attached hydrogens (primary N) is 1. The van der Waals surface area contributed by atoms with E-state index in [-0.39, 0.29) is 41.6 Å². The van der Waals surface area contributed by atoms with Crippen LogP contribution in [0.5, 0.6) is 0 Å². The van der Waals surface area contributed by atoms with Crippen LogP contribution in [0.1, 0.15) is 51.3 Å². The first kappa shape index (κ1) is 51.3. The summed E-state index contributed by atoms with van der Waals surface area (Å²) >= 11 is 1.52. The van der Waals surface area contributed by atoms with Gasteiger partial charge in [0.05, 0.1) is 19.5 Å². The molecule has 0 bridgehead atoms. The number of rotatable bonds is 26. The summed E-state index contributed by atoms with van der Waals surface area (Å²) in [5, 5.41) is 27.8. The van der Waals surface area contributed by atoms with Crippen molar-refractivity contribution in [2.24, 2.45) is 5.41 Å². The van der Waals surface area contributed by atoms with Gasteiger partial charge in [-0.1, -0.05) is 32.0 Å². The molecule has 3 aromatic heterocycles. The predicted octanol–water partition coefficient (Wildman–Crippen LogP) is 1.60. The number of amides is 2. The van der Waals surface area contributed by atoms with Crippen LogP contribution >= 0.6 is 35.2 Å². The zero-order chi connectivity index (χ0) is 46.9. The summed E-state index contributed by atoms with van der Waals surface area (Å²) in [5.41, 5.74) is 6.53. The summed E-state index contributed by atoms with van der Waals surface area (Å²) < 4.78 is 62.4. The first-order chi connectivity index (χ1) is 30.1. The van der Waals surface area contributed by atoms with Gasteiger partial charge in [0.25, 0.3) is 0 Å². The number of nitrogens with one attached hydrogen (secondary N) is 3. The van der Waals surface area contributed by atoms with Crippen LogP contribution in [0.4, 0.5) is 5.82 Å². The van der Waals surface area contributed by atoms with E-state index in [9.17, 15) is 57.9 Å². The van der Waals surface area contributed by atoms with E-state index in [0.29, 0.717) is 30.9 Å². The number of hydrogen-bond donors (Lipinski definition) is 10. The summed E-state index contributed by atoms with van der Waals surface area (Å²) in [6, 6.07) is 8.01. The highest BCUT2D eigenvalue weighted by molar-refractivity contribution is 7.99. The number of nitrogens with zero attached hydrogens (tertiary/aromatic N) is 4. The number of Topliss-reactive ketones (excluding diaryl/α,β-unsaturated/α-hetero) is 1. The van der Waals surface area contributed by atoms with Crippen molar-refractivity contribution in [3.8, 4) is 0 Å². The van der Waals surface area contributed by atoms with Gasteiger partial charge < -0.3 is 55.9 Å². The third-order valence-corrected chi connectivity index (χ3v) is 13.8. The first-order valence-corrected chi connectivity index (χ1v) is 25.3. The fourth-order valence-electron chi connectivity index (χ4n) is 6.43. The molecular formula is C35H51N8O17P3S. The average molecular weight is 981 g/mol. The Balaban J connectivity index is 0.973. The summed E-state index contributed by atoms with van der Waals surface area (Å²) in [4.78, 5) is 91.6. The minimum Gasteiger partial charge on any atom is -0.386 e. The lowest BCUT2D eigenvalue weighted by atomic mass is 9.87. The molecule has 1 aliphatic rings. The first-order valence-electron chi connectivity index (χ1n) is 19.6. The molecule has 1 saturated heterocycles. The standard InChI is InChI=1S/C35H51N8O17P3S/c1-35(2,30(47)33(48)38-12-10-26(45)37-13-15-64-14-11-22(44)7-5-6-21-16-39-24-9-4-3-8-23(21)24)18-57-63(54,55)60-62(52,53)56-17-25-29(59-61(49,50)51)28(46)34(58-25)43-20-42-27-31(36)40-19-41-32(27)43/h3-4,8-9,16,19-20,25,28-30,34,39,46-47H,5-7,10-15,17-18H2,1-2H3,(H,37,45)(H,38,48)(H,52,53)(H,54,55)(H2,36,40,41)(H2,49,50,51)/t25-,28-,29-,30+,34-/m1/s1. The van der Waals surface area contributed by atoms with Gasteiger partial charge in [-0.05, 0) is 24.5 Å². The molecule has 7 atom stereocenters. The summed E-state index contributed by atoms with van der Waals surface area (Å²) in [6.45, 7) is 0.673. The number of anilines is 1. The number of para-hydroxylation sites is 1. The summed E-state index contributed by atoms with van der Waals surface area (Å²) in [7, 11) is -16.4. The number of hydrogen-bond acceptors (Lipinski definition) is 18. The number of H-pyrrole nitrogens is 1. The Bertz CT molecular complexity index is 2400. The molecule has 11 N–H and O–H groups in total. The van der Waals surface area contributed by atoms with E-state index in [1.807, 2.05) is 24.4 Å². The molecule has 1 aromatic carbocycles. The SMILES string of the molecule is CC(C)(COP(=O)(O)OP(=O)(O)OC[C@H]1O[C@@H](n2cnc3c(N)ncnc32)[C@H](O)[C@@H]1OP(=O)(O)O)[C@@H](O)C(=O)NCCC(=O)NCCSCCC(=O)CCCc1c[nH]c2ccccc12. The van der Waals surface area contributed by atoms with Crippen molar-refractivity contribution in [2.45, 2.75) is 76.6 Å². The molecule has 5 rings (SSSR count). The quantitative estimate of drug-likeness (QED) is 0.0315. The van der Waals surface area contributed by atoms with Crippen LogP contribution in [0.25, 0.3) is 22.1 Å². The molecule has 2 unspecified atom stereocenters. The largest absolute Gasteiger partial charge is 0.481 e. The van der Waals surface area contributed by atoms with Crippen molar-refractivity contribution in [1.82, 2.24) is 35.1 Å². The Morgan fingerprint density at radius 2 is 1.73 bits per heavy atom. The number of aromatic amines is 1. The minimum atomic E-state index is -5.58. The van der Waals surface area contributed by atoms with E-state index in [1.54, 1.807) is 0 Å². The molecule has 354 valence electrons. The number of thioether (sulfide) groups is 1. The molecular weight excluding hydrogens is 929 g/mol. The van der Waals surface area contributed by atoms with Crippen molar-refractivity contribution in [2.75, 3.05) is 43.5 Å². The van der Waals surface area contributed by atoms with E-state index in [2.05, 4.69) is 45.5 Å². The second-order valence-corrected chi connectivity index (χ2v) is 20.6. The van der Waals surface area contributed by atoms with Crippen LogP contribution in [-0.4, -0.2) is 134 Å². The molecule has 25 nitrogen and oxygen atoms in total. The number of carbonyl (C=O) groups is 3. The number of imidazole rings is 1. The van der Waals surface area contributed by atoms with Gasteiger partial charge in [0.2, 0.25) is 11.8 Å². The number of carbonyl (C=O) groups excluding carboxylic acids is 3. The van der Waals surface area contributed by atoms with Crippen molar-refractivity contribution in [3.05, 3.63) is 48.7 Å². The Kier molecular flexibility index (Phi) is 17.8. The average Bonchev–Trinajstić information content (AvgIpc) is 3.92. The zero-order valence-corrected chi connectivity index (χ0v) is 38.0. The number of aryl methyl sites for hydroxylation is 1. The molecule has 2 amide bonds. The van der Waals surface area contributed by atoms with E-state index in [4.69, 9.17) is 19.5 Å². The monoisotopic (exact) mass is 980 g/mol. The van der Waals surface area contributed by atoms with Crippen LogP contribution < -0.4 is 16.4 Å². The van der Waals surface area contributed by atoms with E-state index < -0.39 is 78.6 Å². The van der Waals surface area contributed by atoms with E-state index in [1.165, 1.54) is 31.2 Å². The van der Waals surface area contributed by atoms with Gasteiger partial charge >= 0.3 is 23.5 Å². The van der Waals surface area contributed by atoms with Gasteiger partial charge in [-0.25, -0.2) is 28.6 Å². The fraction of sp³-hybridized carbons (Fsp3) is 0.543. The number of benzene rings is 1. The molecule has 0 radical (unpaired) electrons. The molecule has 0 aliphatic carbocycles. The van der Waals surface area contributed by atoms with Crippen LogP contribution in [-0.2, 0) is 57.1 Å². The Morgan fingerprint density at radius 1 is 1.00 bits per heavy atom. The predicted molar refractivity (Wildman–Crippen MR) is 228 cm³/mol. The van der Waals surface area contributed by atoms with Crippen LogP contribution in [0.2, 0.25) is 0 Å². The van der Waals surface area contributed by atoms with Crippen molar-refractivity contribution >= 4 is 80.7 Å². The highest BCUT2D eigenvalue weighted by atomic mass is 32.2. The molecule has 1 aliphatic heterocycles. The molecule has 0 saturated carbocycles. The lowest BCUT2D eigenvalue weighted by molar-refractivity contribution is -0.137. The normalized spacial score (nSPS) is 20.5. The van der Waals surface area contributed by atoms with Gasteiger partial charge in [0.1, 0.15) is 42.0 Å². The minimum absolute atomic E-state index is 0.0315. The number of phosphoric ester groups is 3. The molecule has 1 fully saturated rings. The molecule has 4 heterocycles. The van der Waals surface area contributed by atoms with Gasteiger partial charge in [0.15, 0.2) is 17.7 Å². The van der Waals surface area contributed by atoms with Crippen LogP contribution in [0.3, 0.4) is 0 Å². The highest BCUT2D eigenvalue weighted by Gasteiger charge is 2.50. The number of aliphatic hydroxyl groups excluding tert-OH is 2. The molecule has 29 heteroatoms. The third kappa shape index (κ3) is 14.7. The van der Waals surface area contributed by atoms with Gasteiger partial charge in [-0.2, -0.15) is 16.1 Å². The Labute approximate surface area is 369 Å². The number of ketones is 1. The smallest absolute Gasteiger partial charge is 0.386 e. The van der Waals surface area contributed by atoms with Crippen molar-refractivity contribution in [3.63, 3.8) is 0 Å². The maximum Gasteiger partial charge on any atom is 0.481 e. The topological polar surface area (TPSA) is 379 Å².